The number of hydrogen-bond donors (Lipinski definition) is 1. The second kappa shape index (κ2) is 10.3. The zero-order chi connectivity index (χ0) is 24.2. The van der Waals surface area contributed by atoms with Gasteiger partial charge in [-0.3, -0.25) is 9.10 Å². The van der Waals surface area contributed by atoms with E-state index in [1.54, 1.807) is 36.4 Å². The Kier molecular flexibility index (Phi) is 7.66. The molecule has 1 N–H and O–H groups in total. The molecule has 0 aliphatic heterocycles. The average Bonchev–Trinajstić information content (AvgIpc) is 2.79. The number of sulfonamides is 1. The van der Waals surface area contributed by atoms with Crippen LogP contribution >= 0.6 is 11.6 Å². The first-order valence-electron chi connectivity index (χ1n) is 10.4. The molecule has 0 spiro atoms. The lowest BCUT2D eigenvalue weighted by molar-refractivity contribution is -0.114. The van der Waals surface area contributed by atoms with E-state index < -0.39 is 22.5 Å². The van der Waals surface area contributed by atoms with Crippen molar-refractivity contribution in [1.82, 2.24) is 0 Å². The molecule has 0 unspecified atom stereocenters. The largest absolute Gasteiger partial charge is 0.497 e. The van der Waals surface area contributed by atoms with Crippen molar-refractivity contribution in [2.45, 2.75) is 31.6 Å². The first kappa shape index (κ1) is 24.6. The molecular weight excluding hydrogens is 460 g/mol. The van der Waals surface area contributed by atoms with Gasteiger partial charge < -0.3 is 10.1 Å². The molecule has 33 heavy (non-hydrogen) atoms. The molecule has 3 aromatic rings. The summed E-state index contributed by atoms with van der Waals surface area (Å²) in [6.07, 6.45) is 0. The number of nitrogens with zero attached hydrogens (tertiary/aromatic N) is 1. The van der Waals surface area contributed by atoms with Gasteiger partial charge in [-0.1, -0.05) is 43.6 Å². The van der Waals surface area contributed by atoms with Crippen LogP contribution in [-0.4, -0.2) is 28.0 Å². The maximum absolute atomic E-state index is 13.5. The van der Waals surface area contributed by atoms with Crippen molar-refractivity contribution in [3.63, 3.8) is 0 Å². The molecule has 3 rings (SSSR count). The Morgan fingerprint density at radius 1 is 1.03 bits per heavy atom. The highest BCUT2D eigenvalue weighted by molar-refractivity contribution is 7.92. The number of benzene rings is 3. The molecular formula is C25H27ClN2O4S. The molecule has 0 radical (unpaired) electrons. The van der Waals surface area contributed by atoms with E-state index in [4.69, 9.17) is 16.3 Å². The van der Waals surface area contributed by atoms with Gasteiger partial charge in [-0.25, -0.2) is 8.42 Å². The lowest BCUT2D eigenvalue weighted by atomic mass is 9.98. The Balaban J connectivity index is 1.97. The van der Waals surface area contributed by atoms with Gasteiger partial charge in [0.2, 0.25) is 5.91 Å². The molecule has 0 bridgehead atoms. The van der Waals surface area contributed by atoms with E-state index in [2.05, 4.69) is 5.32 Å². The summed E-state index contributed by atoms with van der Waals surface area (Å²) >= 11 is 6.00. The topological polar surface area (TPSA) is 75.7 Å². The van der Waals surface area contributed by atoms with Crippen LogP contribution in [0.4, 0.5) is 11.4 Å². The fourth-order valence-corrected chi connectivity index (χ4v) is 5.00. The van der Waals surface area contributed by atoms with E-state index >= 15 is 0 Å². The molecule has 0 saturated carbocycles. The van der Waals surface area contributed by atoms with Crippen LogP contribution in [-0.2, 0) is 14.8 Å². The number of carbonyl (C=O) groups is 1. The maximum Gasteiger partial charge on any atom is 0.264 e. The van der Waals surface area contributed by atoms with Gasteiger partial charge in [0.25, 0.3) is 10.0 Å². The average molecular weight is 487 g/mol. The molecule has 0 fully saturated rings. The van der Waals surface area contributed by atoms with E-state index in [0.717, 1.165) is 15.4 Å². The number of anilines is 2. The van der Waals surface area contributed by atoms with Gasteiger partial charge >= 0.3 is 0 Å². The fourth-order valence-electron chi connectivity index (χ4n) is 3.45. The van der Waals surface area contributed by atoms with Crippen molar-refractivity contribution < 1.29 is 17.9 Å². The highest BCUT2D eigenvalue weighted by Crippen LogP contribution is 2.29. The fraction of sp³-hybridized carbons (Fsp3) is 0.240. The number of hydrogen-bond acceptors (Lipinski definition) is 4. The number of methoxy groups -OCH3 is 1. The van der Waals surface area contributed by atoms with Crippen molar-refractivity contribution in [2.75, 3.05) is 23.3 Å². The van der Waals surface area contributed by atoms with Gasteiger partial charge in [-0.05, 0) is 72.5 Å². The summed E-state index contributed by atoms with van der Waals surface area (Å²) in [5.41, 5.74) is 2.93. The van der Waals surface area contributed by atoms with E-state index in [-0.39, 0.29) is 10.8 Å². The summed E-state index contributed by atoms with van der Waals surface area (Å²) in [4.78, 5) is 13.2. The van der Waals surface area contributed by atoms with Gasteiger partial charge in [0.1, 0.15) is 12.3 Å². The SMILES string of the molecule is COc1ccc(S(=O)(=O)N(CC(=O)Nc2c(C)cccc2C(C)C)c2ccc(Cl)cc2)cc1. The summed E-state index contributed by atoms with van der Waals surface area (Å²) < 4.78 is 33.2. The Morgan fingerprint density at radius 3 is 2.24 bits per heavy atom. The molecule has 174 valence electrons. The lowest BCUT2D eigenvalue weighted by Crippen LogP contribution is -2.38. The standard InChI is InChI=1S/C25H27ClN2O4S/c1-17(2)23-7-5-6-18(3)25(23)27-24(29)16-28(20-10-8-19(26)9-11-20)33(30,31)22-14-12-21(32-4)13-15-22/h5-15,17H,16H2,1-4H3,(H,27,29). The second-order valence-corrected chi connectivity index (χ2v) is 10.2. The molecule has 0 aliphatic carbocycles. The van der Waals surface area contributed by atoms with Crippen molar-refractivity contribution in [1.29, 1.82) is 0 Å². The normalized spacial score (nSPS) is 11.3. The highest BCUT2D eigenvalue weighted by Gasteiger charge is 2.28. The predicted molar refractivity (Wildman–Crippen MR) is 133 cm³/mol. The van der Waals surface area contributed by atoms with Crippen molar-refractivity contribution in [3.05, 3.63) is 82.9 Å². The molecule has 0 aliphatic rings. The van der Waals surface area contributed by atoms with E-state index in [9.17, 15) is 13.2 Å². The third-order valence-electron chi connectivity index (χ3n) is 5.24. The maximum atomic E-state index is 13.5. The third-order valence-corrected chi connectivity index (χ3v) is 7.28. The summed E-state index contributed by atoms with van der Waals surface area (Å²) in [6.45, 7) is 5.59. The van der Waals surface area contributed by atoms with Crippen LogP contribution in [0, 0.1) is 6.92 Å². The monoisotopic (exact) mass is 486 g/mol. The smallest absolute Gasteiger partial charge is 0.264 e. The Bertz CT molecular complexity index is 1220. The number of aryl methyl sites for hydroxylation is 1. The summed E-state index contributed by atoms with van der Waals surface area (Å²) in [7, 11) is -2.54. The highest BCUT2D eigenvalue weighted by atomic mass is 35.5. The Hall–Kier alpha value is -3.03. The van der Waals surface area contributed by atoms with E-state index in [0.29, 0.717) is 22.1 Å². The van der Waals surface area contributed by atoms with Gasteiger partial charge in [-0.15, -0.1) is 0 Å². The summed E-state index contributed by atoms with van der Waals surface area (Å²) in [5, 5.41) is 3.39. The lowest BCUT2D eigenvalue weighted by Gasteiger charge is -2.25. The van der Waals surface area contributed by atoms with Crippen LogP contribution in [0.2, 0.25) is 5.02 Å². The zero-order valence-corrected chi connectivity index (χ0v) is 20.6. The number of carbonyl (C=O) groups excluding carboxylic acids is 1. The number of nitrogens with one attached hydrogen (secondary N) is 1. The first-order chi connectivity index (χ1) is 15.6. The van der Waals surface area contributed by atoms with E-state index in [1.807, 2.05) is 39.0 Å². The van der Waals surface area contributed by atoms with Crippen LogP contribution in [0.5, 0.6) is 5.75 Å². The number of ether oxygens (including phenoxy) is 1. The molecule has 0 saturated heterocycles. The minimum Gasteiger partial charge on any atom is -0.497 e. The number of halogens is 1. The second-order valence-electron chi connectivity index (χ2n) is 7.91. The number of amides is 1. The molecule has 0 aromatic heterocycles. The minimum absolute atomic E-state index is 0.0461. The van der Waals surface area contributed by atoms with Crippen LogP contribution in [0.15, 0.2) is 71.6 Å². The molecule has 0 atom stereocenters. The number of rotatable bonds is 8. The van der Waals surface area contributed by atoms with Crippen molar-refractivity contribution in [2.24, 2.45) is 0 Å². The number of para-hydroxylation sites is 1. The third kappa shape index (κ3) is 5.67. The van der Waals surface area contributed by atoms with Crippen molar-refractivity contribution >= 4 is 38.9 Å². The molecule has 6 nitrogen and oxygen atoms in total. The first-order valence-corrected chi connectivity index (χ1v) is 12.3. The Labute approximate surface area is 200 Å². The quantitative estimate of drug-likeness (QED) is 0.448. The van der Waals surface area contributed by atoms with Gasteiger partial charge in [0, 0.05) is 10.7 Å². The summed E-state index contributed by atoms with van der Waals surface area (Å²) in [5.74, 6) is 0.277. The predicted octanol–water partition coefficient (Wildman–Crippen LogP) is 5.61. The van der Waals surface area contributed by atoms with Gasteiger partial charge in [0.05, 0.1) is 17.7 Å². The summed E-state index contributed by atoms with van der Waals surface area (Å²) in [6, 6.07) is 18.2. The van der Waals surface area contributed by atoms with Crippen LogP contribution in [0.3, 0.4) is 0 Å². The van der Waals surface area contributed by atoms with Crippen LogP contribution in [0.1, 0.15) is 30.9 Å². The Morgan fingerprint density at radius 2 is 1.67 bits per heavy atom. The molecule has 1 amide bonds. The molecule has 3 aromatic carbocycles. The van der Waals surface area contributed by atoms with Crippen LogP contribution in [0.25, 0.3) is 0 Å². The van der Waals surface area contributed by atoms with Crippen LogP contribution < -0.4 is 14.4 Å². The molecule has 8 heteroatoms. The van der Waals surface area contributed by atoms with Gasteiger partial charge in [-0.2, -0.15) is 0 Å². The molecule has 0 heterocycles. The van der Waals surface area contributed by atoms with Crippen molar-refractivity contribution in [3.8, 4) is 5.75 Å². The zero-order valence-electron chi connectivity index (χ0n) is 19.0. The minimum atomic E-state index is -4.04. The van der Waals surface area contributed by atoms with E-state index in [1.165, 1.54) is 19.2 Å². The van der Waals surface area contributed by atoms with Gasteiger partial charge in [0.15, 0.2) is 0 Å².